The van der Waals surface area contributed by atoms with Crippen LogP contribution in [0.2, 0.25) is 0 Å². The van der Waals surface area contributed by atoms with Crippen LogP contribution < -0.4 is 5.32 Å². The number of carbonyl (C=O) groups excluding carboxylic acids is 1. The summed E-state index contributed by atoms with van der Waals surface area (Å²) in [5, 5.41) is 23.1. The average Bonchev–Trinajstić information content (AvgIpc) is 3.29. The predicted molar refractivity (Wildman–Crippen MR) is 88.0 cm³/mol. The number of hydrogen-bond donors (Lipinski definition) is 3. The Labute approximate surface area is 139 Å². The van der Waals surface area contributed by atoms with E-state index < -0.39 is 13.1 Å². The van der Waals surface area contributed by atoms with E-state index in [1.807, 2.05) is 24.3 Å². The van der Waals surface area contributed by atoms with E-state index >= 15 is 0 Å². The molecule has 4 atom stereocenters. The Hall–Kier alpha value is -1.83. The first-order valence-electron chi connectivity index (χ1n) is 8.39. The number of para-hydroxylation sites is 1. The molecule has 4 rings (SSSR count). The highest BCUT2D eigenvalue weighted by molar-refractivity contribution is 6.43. The number of fused-ring (bicyclic) bond motifs is 3. The molecule has 2 saturated heterocycles. The molecule has 2 fully saturated rings. The first kappa shape index (κ1) is 15.7. The molecule has 3 heterocycles. The van der Waals surface area contributed by atoms with Crippen LogP contribution in [0.5, 0.6) is 0 Å². The Morgan fingerprint density at radius 1 is 1.33 bits per heavy atom. The number of nitrogens with one attached hydrogen (secondary N) is 1. The Balaban J connectivity index is 1.47. The molecule has 7 heteroatoms. The molecule has 0 unspecified atom stereocenters. The second-order valence-electron chi connectivity index (χ2n) is 6.71. The molecule has 1 aromatic heterocycles. The Kier molecular flexibility index (Phi) is 4.08. The van der Waals surface area contributed by atoms with Crippen molar-refractivity contribution in [3.05, 3.63) is 36.1 Å². The van der Waals surface area contributed by atoms with Crippen LogP contribution in [0.25, 0.3) is 11.0 Å². The summed E-state index contributed by atoms with van der Waals surface area (Å²) in [6, 6.07) is 7.55. The Morgan fingerprint density at radius 2 is 2.17 bits per heavy atom. The topological polar surface area (TPSA) is 91.9 Å². The summed E-state index contributed by atoms with van der Waals surface area (Å²) >= 11 is 0. The van der Waals surface area contributed by atoms with Crippen LogP contribution in [-0.2, 0) is 16.0 Å². The van der Waals surface area contributed by atoms with Crippen molar-refractivity contribution in [1.29, 1.82) is 0 Å². The molecule has 0 spiro atoms. The van der Waals surface area contributed by atoms with E-state index in [4.69, 9.17) is 9.15 Å². The summed E-state index contributed by atoms with van der Waals surface area (Å²) in [6.45, 7) is 0. The fourth-order valence-electron chi connectivity index (χ4n) is 3.86. The monoisotopic (exact) mass is 329 g/mol. The van der Waals surface area contributed by atoms with Gasteiger partial charge in [-0.05, 0) is 37.3 Å². The number of carbonyl (C=O) groups is 1. The molecular weight excluding hydrogens is 309 g/mol. The quantitative estimate of drug-likeness (QED) is 0.713. The molecule has 2 bridgehead atoms. The van der Waals surface area contributed by atoms with Gasteiger partial charge in [0.1, 0.15) is 5.58 Å². The second-order valence-corrected chi connectivity index (χ2v) is 6.71. The molecule has 0 saturated carbocycles. The lowest BCUT2D eigenvalue weighted by Crippen LogP contribution is -2.50. The van der Waals surface area contributed by atoms with E-state index in [1.54, 1.807) is 6.26 Å². The van der Waals surface area contributed by atoms with E-state index in [1.165, 1.54) is 0 Å². The minimum Gasteiger partial charge on any atom is -0.464 e. The third kappa shape index (κ3) is 2.83. The van der Waals surface area contributed by atoms with E-state index in [0.717, 1.165) is 35.8 Å². The number of amides is 1. The van der Waals surface area contributed by atoms with E-state index in [0.29, 0.717) is 6.42 Å². The van der Waals surface area contributed by atoms with Crippen molar-refractivity contribution in [3.8, 4) is 0 Å². The van der Waals surface area contributed by atoms with Crippen molar-refractivity contribution in [3.63, 3.8) is 0 Å². The SMILES string of the molecule is O=C(N[C@@H](Cc1coc2ccccc12)B(O)O)[C@H]1C[C@@H]2CC[C@H]1O2. The van der Waals surface area contributed by atoms with Gasteiger partial charge in [-0.25, -0.2) is 0 Å². The van der Waals surface area contributed by atoms with Crippen LogP contribution in [0.4, 0.5) is 0 Å². The molecule has 2 aliphatic rings. The summed E-state index contributed by atoms with van der Waals surface area (Å²) in [5.41, 5.74) is 1.58. The van der Waals surface area contributed by atoms with E-state index in [2.05, 4.69) is 5.32 Å². The summed E-state index contributed by atoms with van der Waals surface area (Å²) < 4.78 is 11.2. The summed E-state index contributed by atoms with van der Waals surface area (Å²) in [4.78, 5) is 12.5. The number of rotatable bonds is 5. The average molecular weight is 329 g/mol. The van der Waals surface area contributed by atoms with Gasteiger partial charge >= 0.3 is 7.12 Å². The highest BCUT2D eigenvalue weighted by Gasteiger charge is 2.45. The number of hydrogen-bond acceptors (Lipinski definition) is 5. The normalized spacial score (nSPS) is 26.7. The van der Waals surface area contributed by atoms with Crippen molar-refractivity contribution < 1.29 is 24.0 Å². The van der Waals surface area contributed by atoms with Crippen molar-refractivity contribution in [2.75, 3.05) is 0 Å². The smallest absolute Gasteiger partial charge is 0.464 e. The lowest BCUT2D eigenvalue weighted by atomic mass is 9.75. The summed E-state index contributed by atoms with van der Waals surface area (Å²) in [5.74, 6) is -1.13. The van der Waals surface area contributed by atoms with Gasteiger partial charge in [0.15, 0.2) is 0 Å². The van der Waals surface area contributed by atoms with Gasteiger partial charge in [-0.15, -0.1) is 0 Å². The lowest BCUT2D eigenvalue weighted by molar-refractivity contribution is -0.126. The molecule has 24 heavy (non-hydrogen) atoms. The molecule has 126 valence electrons. The zero-order chi connectivity index (χ0) is 16.7. The van der Waals surface area contributed by atoms with Crippen LogP contribution in [0, 0.1) is 5.92 Å². The maximum Gasteiger partial charge on any atom is 0.475 e. The third-order valence-electron chi connectivity index (χ3n) is 5.13. The summed E-state index contributed by atoms with van der Waals surface area (Å²) in [7, 11) is -1.64. The highest BCUT2D eigenvalue weighted by atomic mass is 16.5. The molecule has 1 amide bonds. The van der Waals surface area contributed by atoms with Gasteiger partial charge in [-0.3, -0.25) is 4.79 Å². The maximum atomic E-state index is 12.5. The van der Waals surface area contributed by atoms with Gasteiger partial charge in [-0.2, -0.15) is 0 Å². The van der Waals surface area contributed by atoms with Gasteiger partial charge < -0.3 is 24.5 Å². The van der Waals surface area contributed by atoms with Crippen molar-refractivity contribution >= 4 is 24.0 Å². The first-order chi connectivity index (χ1) is 11.6. The van der Waals surface area contributed by atoms with Crippen LogP contribution in [0.1, 0.15) is 24.8 Å². The van der Waals surface area contributed by atoms with Crippen LogP contribution in [0.15, 0.2) is 34.9 Å². The van der Waals surface area contributed by atoms with Gasteiger partial charge in [0.2, 0.25) is 5.91 Å². The van der Waals surface area contributed by atoms with Crippen LogP contribution in [0.3, 0.4) is 0 Å². The zero-order valence-corrected chi connectivity index (χ0v) is 13.2. The van der Waals surface area contributed by atoms with Crippen molar-refractivity contribution in [1.82, 2.24) is 5.32 Å². The maximum absolute atomic E-state index is 12.5. The van der Waals surface area contributed by atoms with Gasteiger partial charge in [0, 0.05) is 5.39 Å². The van der Waals surface area contributed by atoms with Crippen LogP contribution in [-0.4, -0.2) is 41.2 Å². The Bertz CT molecular complexity index is 745. The number of benzene rings is 1. The van der Waals surface area contributed by atoms with Gasteiger partial charge in [-0.1, -0.05) is 18.2 Å². The molecule has 2 aromatic rings. The van der Waals surface area contributed by atoms with Crippen LogP contribution >= 0.6 is 0 Å². The molecule has 1 aromatic carbocycles. The number of ether oxygens (including phenoxy) is 1. The molecule has 3 N–H and O–H groups in total. The molecule has 0 radical (unpaired) electrons. The highest BCUT2D eigenvalue weighted by Crippen LogP contribution is 2.38. The van der Waals surface area contributed by atoms with Gasteiger partial charge in [0.05, 0.1) is 30.3 Å². The minimum absolute atomic E-state index is 0.0266. The van der Waals surface area contributed by atoms with Crippen molar-refractivity contribution in [2.45, 2.75) is 43.8 Å². The lowest BCUT2D eigenvalue weighted by Gasteiger charge is -2.23. The van der Waals surface area contributed by atoms with E-state index in [-0.39, 0.29) is 24.0 Å². The molecule has 2 aliphatic heterocycles. The fourth-order valence-corrected chi connectivity index (χ4v) is 3.86. The Morgan fingerprint density at radius 3 is 2.88 bits per heavy atom. The summed E-state index contributed by atoms with van der Waals surface area (Å²) in [6.07, 6.45) is 4.69. The molecular formula is C17H20BNO5. The van der Waals surface area contributed by atoms with Gasteiger partial charge in [0.25, 0.3) is 0 Å². The molecule has 6 nitrogen and oxygen atoms in total. The van der Waals surface area contributed by atoms with Crippen molar-refractivity contribution in [2.24, 2.45) is 5.92 Å². The second kappa shape index (κ2) is 6.24. The molecule has 0 aliphatic carbocycles. The number of furan rings is 1. The predicted octanol–water partition coefficient (Wildman–Crippen LogP) is 1.04. The first-order valence-corrected chi connectivity index (χ1v) is 8.39. The largest absolute Gasteiger partial charge is 0.475 e. The standard InChI is InChI=1S/C17H20BNO5/c20-17(13-8-11-5-6-15(13)24-11)19-16(18(21)22)7-10-9-23-14-4-2-1-3-12(10)14/h1-4,9,11,13,15-16,21-22H,5-8H2,(H,19,20)/t11-,13-,15+,16-/m0/s1. The fraction of sp³-hybridized carbons (Fsp3) is 0.471. The third-order valence-corrected chi connectivity index (χ3v) is 5.13. The minimum atomic E-state index is -1.64. The van der Waals surface area contributed by atoms with E-state index in [9.17, 15) is 14.8 Å². The zero-order valence-electron chi connectivity index (χ0n) is 13.2.